The van der Waals surface area contributed by atoms with Crippen molar-refractivity contribution in [3.8, 4) is 11.5 Å². The van der Waals surface area contributed by atoms with E-state index >= 15 is 0 Å². The fourth-order valence-corrected chi connectivity index (χ4v) is 3.72. The number of benzene rings is 2. The van der Waals surface area contributed by atoms with Gasteiger partial charge < -0.3 is 19.4 Å². The Labute approximate surface area is 169 Å². The quantitative estimate of drug-likeness (QED) is 0.497. The van der Waals surface area contributed by atoms with Gasteiger partial charge in [0.15, 0.2) is 11.6 Å². The van der Waals surface area contributed by atoms with Gasteiger partial charge in [-0.1, -0.05) is 18.2 Å². The third kappa shape index (κ3) is 2.59. The third-order valence-corrected chi connectivity index (χ3v) is 6.00. The molecule has 0 saturated carbocycles. The summed E-state index contributed by atoms with van der Waals surface area (Å²) in [6.07, 6.45) is 0. The van der Waals surface area contributed by atoms with E-state index in [4.69, 9.17) is 14.0 Å². The Morgan fingerprint density at radius 3 is 2.38 bits per heavy atom. The van der Waals surface area contributed by atoms with Crippen molar-refractivity contribution in [1.82, 2.24) is 9.78 Å². The van der Waals surface area contributed by atoms with Crippen LogP contribution in [0.1, 0.15) is 39.4 Å². The van der Waals surface area contributed by atoms with Crippen LogP contribution in [0.5, 0.6) is 11.5 Å². The van der Waals surface area contributed by atoms with Gasteiger partial charge in [0.2, 0.25) is 5.91 Å². The number of hydrogen-bond acceptors (Lipinski definition) is 6. The van der Waals surface area contributed by atoms with E-state index in [1.165, 1.54) is 11.6 Å². The van der Waals surface area contributed by atoms with Crippen LogP contribution >= 0.6 is 0 Å². The molecule has 2 aliphatic rings. The summed E-state index contributed by atoms with van der Waals surface area (Å²) >= 11 is 0. The monoisotopic (exact) mass is 391 g/mol. The predicted octanol–water partition coefficient (Wildman–Crippen LogP) is 3.84. The fraction of sp³-hybridized carbons (Fsp3) is 0.333. The van der Waals surface area contributed by atoms with Gasteiger partial charge in [0, 0.05) is 12.4 Å². The van der Waals surface area contributed by atoms with Crippen LogP contribution in [0.4, 0.5) is 11.5 Å². The molecule has 0 unspecified atom stereocenters. The minimum Gasteiger partial charge on any atom is -0.454 e. The first-order chi connectivity index (χ1) is 13.7. The standard InChI is InChI=1S/C21H22BN3O4/c1-12(26)25-14-9-7-10-15-17(14)19(24-25)23-18-13(8-6-11-16(18)27-15)22-28-20(2,3)21(4,5)29-22/h6-11H,1-5H3,(H,23,24). The molecule has 0 radical (unpaired) electrons. The average Bonchev–Trinajstić information content (AvgIpc) is 3.04. The molecule has 3 heterocycles. The summed E-state index contributed by atoms with van der Waals surface area (Å²) in [5, 5.41) is 8.63. The Balaban J connectivity index is 1.66. The lowest BCUT2D eigenvalue weighted by Crippen LogP contribution is -2.41. The Morgan fingerprint density at radius 1 is 1.03 bits per heavy atom. The molecule has 0 spiro atoms. The number of fused-ring (bicyclic) bond motifs is 1. The molecule has 29 heavy (non-hydrogen) atoms. The minimum absolute atomic E-state index is 0.166. The molecular formula is C21H22BN3O4. The van der Waals surface area contributed by atoms with Gasteiger partial charge in [-0.15, -0.1) is 5.10 Å². The second-order valence-electron chi connectivity index (χ2n) is 8.47. The van der Waals surface area contributed by atoms with Gasteiger partial charge in [0.05, 0.1) is 27.8 Å². The number of carbonyl (C=O) groups is 1. The van der Waals surface area contributed by atoms with E-state index in [9.17, 15) is 4.79 Å². The highest BCUT2D eigenvalue weighted by Crippen LogP contribution is 2.43. The van der Waals surface area contributed by atoms with Crippen LogP contribution in [0.2, 0.25) is 0 Å². The Bertz CT molecular complexity index is 1150. The van der Waals surface area contributed by atoms with Gasteiger partial charge >= 0.3 is 7.12 Å². The zero-order chi connectivity index (χ0) is 20.6. The second kappa shape index (κ2) is 5.84. The largest absolute Gasteiger partial charge is 0.497 e. The molecule has 2 aromatic carbocycles. The van der Waals surface area contributed by atoms with Crippen molar-refractivity contribution in [3.05, 3.63) is 36.4 Å². The molecule has 5 rings (SSSR count). The van der Waals surface area contributed by atoms with E-state index in [2.05, 4.69) is 10.4 Å². The van der Waals surface area contributed by atoms with Crippen LogP contribution in [-0.4, -0.2) is 34.0 Å². The van der Waals surface area contributed by atoms with Gasteiger partial charge in [-0.2, -0.15) is 4.68 Å². The molecule has 2 aliphatic heterocycles. The summed E-state index contributed by atoms with van der Waals surface area (Å²) in [5.41, 5.74) is 1.32. The normalized spacial score (nSPS) is 18.7. The van der Waals surface area contributed by atoms with Crippen LogP contribution in [0.3, 0.4) is 0 Å². The highest BCUT2D eigenvalue weighted by atomic mass is 16.7. The van der Waals surface area contributed by atoms with Gasteiger partial charge in [-0.3, -0.25) is 4.79 Å². The molecule has 0 bridgehead atoms. The van der Waals surface area contributed by atoms with Gasteiger partial charge in [0.1, 0.15) is 5.75 Å². The molecular weight excluding hydrogens is 369 g/mol. The number of anilines is 2. The third-order valence-electron chi connectivity index (χ3n) is 6.00. The number of para-hydroxylation sites is 1. The van der Waals surface area contributed by atoms with Crippen molar-refractivity contribution in [2.45, 2.75) is 45.8 Å². The first-order valence-electron chi connectivity index (χ1n) is 9.64. The lowest BCUT2D eigenvalue weighted by molar-refractivity contribution is 0.00578. The van der Waals surface area contributed by atoms with Gasteiger partial charge in [0.25, 0.3) is 0 Å². The van der Waals surface area contributed by atoms with Gasteiger partial charge in [-0.05, 0) is 45.9 Å². The van der Waals surface area contributed by atoms with Crippen molar-refractivity contribution in [1.29, 1.82) is 0 Å². The Morgan fingerprint density at radius 2 is 1.69 bits per heavy atom. The number of hydrogen-bond donors (Lipinski definition) is 1. The number of rotatable bonds is 1. The van der Waals surface area contributed by atoms with Crippen molar-refractivity contribution < 1.29 is 18.8 Å². The molecule has 1 aromatic heterocycles. The number of aromatic nitrogens is 2. The zero-order valence-corrected chi connectivity index (χ0v) is 17.1. The first-order valence-corrected chi connectivity index (χ1v) is 9.64. The lowest BCUT2D eigenvalue weighted by Gasteiger charge is -2.32. The van der Waals surface area contributed by atoms with E-state index in [0.29, 0.717) is 22.8 Å². The van der Waals surface area contributed by atoms with E-state index in [0.717, 1.165) is 16.5 Å². The maximum Gasteiger partial charge on any atom is 0.497 e. The minimum atomic E-state index is -0.558. The summed E-state index contributed by atoms with van der Waals surface area (Å²) in [4.78, 5) is 12.1. The first kappa shape index (κ1) is 18.2. The molecule has 1 fully saturated rings. The highest BCUT2D eigenvalue weighted by molar-refractivity contribution is 6.64. The molecule has 1 saturated heterocycles. The molecule has 0 amide bonds. The van der Waals surface area contributed by atoms with Crippen LogP contribution in [0.25, 0.3) is 10.9 Å². The van der Waals surface area contributed by atoms with Crippen molar-refractivity contribution in [2.75, 3.05) is 5.32 Å². The second-order valence-corrected chi connectivity index (χ2v) is 8.47. The van der Waals surface area contributed by atoms with E-state index in [1.54, 1.807) is 0 Å². The number of carbonyl (C=O) groups excluding carboxylic acids is 1. The fourth-order valence-electron chi connectivity index (χ4n) is 3.72. The van der Waals surface area contributed by atoms with Crippen LogP contribution < -0.4 is 15.5 Å². The molecule has 7 nitrogen and oxygen atoms in total. The zero-order valence-electron chi connectivity index (χ0n) is 17.1. The smallest absolute Gasteiger partial charge is 0.454 e. The molecule has 3 aromatic rings. The van der Waals surface area contributed by atoms with Crippen molar-refractivity contribution in [2.24, 2.45) is 0 Å². The van der Waals surface area contributed by atoms with Crippen LogP contribution in [0, 0.1) is 0 Å². The molecule has 0 atom stereocenters. The van der Waals surface area contributed by atoms with E-state index in [1.807, 2.05) is 64.1 Å². The Kier molecular flexibility index (Phi) is 3.67. The number of nitrogens with zero attached hydrogens (tertiary/aromatic N) is 2. The number of ether oxygens (including phenoxy) is 1. The predicted molar refractivity (Wildman–Crippen MR) is 112 cm³/mol. The van der Waals surface area contributed by atoms with Gasteiger partial charge in [-0.25, -0.2) is 0 Å². The summed E-state index contributed by atoms with van der Waals surface area (Å²) in [6, 6.07) is 11.3. The molecule has 1 N–H and O–H groups in total. The topological polar surface area (TPSA) is 74.6 Å². The summed E-state index contributed by atoms with van der Waals surface area (Å²) in [5.74, 6) is 1.69. The summed E-state index contributed by atoms with van der Waals surface area (Å²) in [7, 11) is -0.558. The molecule has 8 heteroatoms. The van der Waals surface area contributed by atoms with E-state index in [-0.39, 0.29) is 5.91 Å². The summed E-state index contributed by atoms with van der Waals surface area (Å²) < 4.78 is 20.1. The van der Waals surface area contributed by atoms with Crippen molar-refractivity contribution >= 4 is 40.9 Å². The summed E-state index contributed by atoms with van der Waals surface area (Å²) in [6.45, 7) is 9.57. The SMILES string of the molecule is CC(=O)n1nc2c3c(cccc31)Oc1cccc(B3OC(C)(C)C(C)(C)O3)c1N2. The number of nitrogens with one attached hydrogen (secondary N) is 1. The lowest BCUT2D eigenvalue weighted by atomic mass is 9.77. The maximum absolute atomic E-state index is 12.1. The Hall–Kier alpha value is -2.84. The van der Waals surface area contributed by atoms with Crippen LogP contribution in [0.15, 0.2) is 36.4 Å². The average molecular weight is 391 g/mol. The molecule has 0 aliphatic carbocycles. The van der Waals surface area contributed by atoms with Crippen molar-refractivity contribution in [3.63, 3.8) is 0 Å². The molecule has 148 valence electrons. The maximum atomic E-state index is 12.1. The van der Waals surface area contributed by atoms with E-state index < -0.39 is 18.3 Å². The highest BCUT2D eigenvalue weighted by Gasteiger charge is 2.52. The van der Waals surface area contributed by atoms with Crippen LogP contribution in [-0.2, 0) is 9.31 Å².